The van der Waals surface area contributed by atoms with Crippen LogP contribution in [-0.4, -0.2) is 68.0 Å². The van der Waals surface area contributed by atoms with E-state index in [0.717, 1.165) is 11.6 Å². The van der Waals surface area contributed by atoms with Crippen molar-refractivity contribution in [1.82, 2.24) is 20.6 Å². The predicted molar refractivity (Wildman–Crippen MR) is 130 cm³/mol. The summed E-state index contributed by atoms with van der Waals surface area (Å²) in [6.07, 6.45) is -0.689. The first-order chi connectivity index (χ1) is 17.9. The number of aromatic nitrogens is 2. The fraction of sp³-hybridized carbons (Fsp3) is 0.360. The summed E-state index contributed by atoms with van der Waals surface area (Å²) in [5.74, 6) is -1.44. The number of hydrogen-bond acceptors (Lipinski definition) is 8. The van der Waals surface area contributed by atoms with Crippen LogP contribution in [0.5, 0.6) is 11.5 Å². The summed E-state index contributed by atoms with van der Waals surface area (Å²) < 4.78 is 36.4. The van der Waals surface area contributed by atoms with E-state index in [0.29, 0.717) is 12.2 Å². The van der Waals surface area contributed by atoms with Crippen molar-refractivity contribution < 1.29 is 32.9 Å². The molecule has 196 valence electrons. The average molecular weight is 515 g/mol. The zero-order valence-electron chi connectivity index (χ0n) is 20.3. The number of hydrogen-bond donors (Lipinski definition) is 3. The molecule has 4 rings (SSSR count). The number of carbonyl (C=O) groups is 2. The minimum atomic E-state index is -0.740. The molecule has 2 atom stereocenters. The summed E-state index contributed by atoms with van der Waals surface area (Å²) in [4.78, 5) is 43.6. The highest BCUT2D eigenvalue weighted by molar-refractivity contribution is 5.93. The molecule has 1 fully saturated rings. The van der Waals surface area contributed by atoms with Crippen LogP contribution in [0, 0.1) is 5.82 Å². The van der Waals surface area contributed by atoms with Gasteiger partial charge in [-0.25, -0.2) is 9.37 Å². The minimum Gasteiger partial charge on any atom is -0.497 e. The molecule has 2 aromatic carbocycles. The molecule has 37 heavy (non-hydrogen) atoms. The van der Waals surface area contributed by atoms with Crippen molar-refractivity contribution in [1.29, 1.82) is 0 Å². The maximum atomic E-state index is 14.6. The van der Waals surface area contributed by atoms with Gasteiger partial charge in [0.1, 0.15) is 11.1 Å². The predicted octanol–water partition coefficient (Wildman–Crippen LogP) is 1.30. The van der Waals surface area contributed by atoms with Crippen molar-refractivity contribution in [2.75, 3.05) is 34.0 Å². The summed E-state index contributed by atoms with van der Waals surface area (Å²) in [5, 5.41) is 5.07. The molecule has 1 aliphatic heterocycles. The third-order valence-electron chi connectivity index (χ3n) is 5.77. The first kappa shape index (κ1) is 26.0. The number of carbonyl (C=O) groups excluding carboxylic acids is 2. The molecule has 0 saturated carbocycles. The topological polar surface area (TPSA) is 141 Å². The largest absolute Gasteiger partial charge is 0.497 e. The first-order valence-electron chi connectivity index (χ1n) is 11.6. The second-order valence-electron chi connectivity index (χ2n) is 8.25. The molecule has 1 aliphatic rings. The number of halogens is 1. The van der Waals surface area contributed by atoms with E-state index >= 15 is 0 Å². The van der Waals surface area contributed by atoms with Gasteiger partial charge in [-0.3, -0.25) is 14.4 Å². The van der Waals surface area contributed by atoms with Gasteiger partial charge in [0.25, 0.3) is 17.4 Å². The van der Waals surface area contributed by atoms with Crippen LogP contribution < -0.4 is 25.7 Å². The van der Waals surface area contributed by atoms with E-state index in [2.05, 4.69) is 20.6 Å². The number of fused-ring (bicyclic) bond motifs is 1. The molecule has 0 bridgehead atoms. The number of amides is 2. The van der Waals surface area contributed by atoms with E-state index in [1.165, 1.54) is 13.1 Å². The maximum Gasteiger partial charge on any atom is 0.287 e. The number of nitrogens with zero attached hydrogens (tertiary/aromatic N) is 1. The fourth-order valence-corrected chi connectivity index (χ4v) is 3.79. The molecule has 0 spiro atoms. The van der Waals surface area contributed by atoms with Gasteiger partial charge in [0, 0.05) is 20.0 Å². The van der Waals surface area contributed by atoms with Crippen molar-refractivity contribution in [3.05, 3.63) is 64.0 Å². The van der Waals surface area contributed by atoms with Gasteiger partial charge in [0.05, 0.1) is 38.6 Å². The lowest BCUT2D eigenvalue weighted by Crippen LogP contribution is -2.44. The molecular formula is C25H27FN4O7. The van der Waals surface area contributed by atoms with Crippen molar-refractivity contribution in [2.45, 2.75) is 25.2 Å². The number of aromatic amines is 1. The Morgan fingerprint density at radius 1 is 1.22 bits per heavy atom. The lowest BCUT2D eigenvalue weighted by molar-refractivity contribution is -0.161. The van der Waals surface area contributed by atoms with E-state index in [1.54, 1.807) is 25.3 Å². The van der Waals surface area contributed by atoms with E-state index in [4.69, 9.17) is 18.9 Å². The van der Waals surface area contributed by atoms with Crippen LogP contribution in [0.3, 0.4) is 0 Å². The van der Waals surface area contributed by atoms with E-state index < -0.39 is 23.4 Å². The Labute approximate surface area is 211 Å². The zero-order chi connectivity index (χ0) is 26.4. The summed E-state index contributed by atoms with van der Waals surface area (Å²) in [6.45, 7) is 0.484. The monoisotopic (exact) mass is 514 g/mol. The maximum absolute atomic E-state index is 14.6. The van der Waals surface area contributed by atoms with Gasteiger partial charge in [0.2, 0.25) is 0 Å². The van der Waals surface area contributed by atoms with Crippen LogP contribution >= 0.6 is 0 Å². The number of H-pyrrole nitrogens is 1. The van der Waals surface area contributed by atoms with Crippen molar-refractivity contribution in [3.63, 3.8) is 0 Å². The molecule has 2 heterocycles. The Bertz CT molecular complexity index is 1340. The van der Waals surface area contributed by atoms with E-state index in [1.807, 2.05) is 6.07 Å². The lowest BCUT2D eigenvalue weighted by Gasteiger charge is -2.28. The Morgan fingerprint density at radius 2 is 2.05 bits per heavy atom. The van der Waals surface area contributed by atoms with Crippen LogP contribution in [0.25, 0.3) is 10.9 Å². The molecule has 11 nitrogen and oxygen atoms in total. The van der Waals surface area contributed by atoms with Gasteiger partial charge in [0.15, 0.2) is 23.5 Å². The summed E-state index contributed by atoms with van der Waals surface area (Å²) in [7, 11) is 3.06. The number of nitrogens with one attached hydrogen (secondary N) is 3. The van der Waals surface area contributed by atoms with Gasteiger partial charge in [-0.1, -0.05) is 12.1 Å². The fourth-order valence-electron chi connectivity index (χ4n) is 3.79. The molecule has 2 unspecified atom stereocenters. The normalized spacial score (nSPS) is 17.3. The van der Waals surface area contributed by atoms with Gasteiger partial charge in [-0.2, -0.15) is 0 Å². The van der Waals surface area contributed by atoms with E-state index in [9.17, 15) is 18.8 Å². The third-order valence-corrected chi connectivity index (χ3v) is 5.77. The molecule has 2 amide bonds. The Morgan fingerprint density at radius 3 is 2.78 bits per heavy atom. The van der Waals surface area contributed by atoms with Crippen molar-refractivity contribution >= 4 is 22.7 Å². The van der Waals surface area contributed by atoms with Crippen molar-refractivity contribution in [3.8, 4) is 11.5 Å². The summed E-state index contributed by atoms with van der Waals surface area (Å²) >= 11 is 0. The van der Waals surface area contributed by atoms with Gasteiger partial charge >= 0.3 is 0 Å². The average Bonchev–Trinajstić information content (AvgIpc) is 2.92. The first-order valence-corrected chi connectivity index (χ1v) is 11.6. The second-order valence-corrected chi connectivity index (χ2v) is 8.25. The third kappa shape index (κ3) is 6.22. The number of benzene rings is 2. The molecule has 1 aromatic heterocycles. The SMILES string of the molecule is CNC(=O)C1COC(CCOc2c(F)ccc3nc(C(=O)NCc4cccc(OC)c4)[nH]c(=O)c23)CO1. The Balaban J connectivity index is 1.41. The van der Waals surface area contributed by atoms with Crippen LogP contribution in [0.15, 0.2) is 41.2 Å². The van der Waals surface area contributed by atoms with Gasteiger partial charge in [-0.15, -0.1) is 0 Å². The van der Waals surface area contributed by atoms with Crippen LogP contribution in [0.2, 0.25) is 0 Å². The molecule has 1 saturated heterocycles. The molecule has 3 aromatic rings. The molecule has 3 N–H and O–H groups in total. The van der Waals surface area contributed by atoms with Gasteiger partial charge < -0.3 is 34.6 Å². The highest BCUT2D eigenvalue weighted by Gasteiger charge is 2.27. The summed E-state index contributed by atoms with van der Waals surface area (Å²) in [5.41, 5.74) is 0.194. The standard InChI is InChI=1S/C25H27FN4O7/c1-27-23(31)19-13-36-16(12-37-19)8-9-35-21-17(26)6-7-18-20(21)24(32)30-22(29-18)25(33)28-11-14-4-3-5-15(10-14)34-2/h3-7,10,16,19H,8-9,11-13H2,1-2H3,(H,27,31)(H,28,33)(H,29,30,32). The van der Waals surface area contributed by atoms with Crippen LogP contribution in [-0.2, 0) is 20.8 Å². The van der Waals surface area contributed by atoms with Crippen molar-refractivity contribution in [2.24, 2.45) is 0 Å². The molecular weight excluding hydrogens is 487 g/mol. The molecule has 12 heteroatoms. The number of methoxy groups -OCH3 is 1. The Hall–Kier alpha value is -4.03. The highest BCUT2D eigenvalue weighted by Crippen LogP contribution is 2.26. The number of ether oxygens (including phenoxy) is 4. The second kappa shape index (κ2) is 11.8. The smallest absolute Gasteiger partial charge is 0.287 e. The van der Waals surface area contributed by atoms with E-state index in [-0.39, 0.29) is 60.9 Å². The van der Waals surface area contributed by atoms with Crippen LogP contribution in [0.1, 0.15) is 22.6 Å². The quantitative estimate of drug-likeness (QED) is 0.388. The lowest BCUT2D eigenvalue weighted by atomic mass is 10.2. The molecule has 0 aliphatic carbocycles. The zero-order valence-corrected chi connectivity index (χ0v) is 20.3. The summed E-state index contributed by atoms with van der Waals surface area (Å²) in [6, 6.07) is 9.59. The van der Waals surface area contributed by atoms with Crippen LogP contribution in [0.4, 0.5) is 4.39 Å². The molecule has 0 radical (unpaired) electrons. The highest BCUT2D eigenvalue weighted by atomic mass is 19.1. The number of rotatable bonds is 9. The minimum absolute atomic E-state index is 0.0247. The Kier molecular flexibility index (Phi) is 8.31. The number of likely N-dealkylation sites (N-methyl/N-ethyl adjacent to an activating group) is 1. The van der Waals surface area contributed by atoms with Gasteiger partial charge in [-0.05, 0) is 29.8 Å².